The summed E-state index contributed by atoms with van der Waals surface area (Å²) in [5, 5.41) is 6.05. The number of benzene rings is 1. The van der Waals surface area contributed by atoms with Gasteiger partial charge in [0.05, 0.1) is 0 Å². The van der Waals surface area contributed by atoms with Crippen LogP contribution < -0.4 is 16.4 Å². The van der Waals surface area contributed by atoms with Gasteiger partial charge in [-0.1, -0.05) is 0 Å². The molecule has 1 aromatic rings. The number of carbonyl (C=O) groups excluding carboxylic acids is 2. The predicted molar refractivity (Wildman–Crippen MR) is 80.7 cm³/mol. The Morgan fingerprint density at radius 1 is 1.30 bits per heavy atom. The summed E-state index contributed by atoms with van der Waals surface area (Å²) in [6.07, 6.45) is 0.104. The van der Waals surface area contributed by atoms with E-state index in [1.807, 2.05) is 26.0 Å². The SMILES string of the molecule is CCNc1ccc(C(=O)NC(C)(C)CC(N)=O)cc1C. The van der Waals surface area contributed by atoms with Crippen LogP contribution in [-0.2, 0) is 4.79 Å². The lowest BCUT2D eigenvalue weighted by Crippen LogP contribution is -2.46. The van der Waals surface area contributed by atoms with Crippen molar-refractivity contribution in [1.29, 1.82) is 0 Å². The molecule has 0 bridgehead atoms. The van der Waals surface area contributed by atoms with E-state index in [2.05, 4.69) is 10.6 Å². The van der Waals surface area contributed by atoms with Gasteiger partial charge in [0.2, 0.25) is 5.91 Å². The highest BCUT2D eigenvalue weighted by Crippen LogP contribution is 2.17. The first-order chi connectivity index (χ1) is 9.25. The summed E-state index contributed by atoms with van der Waals surface area (Å²) >= 11 is 0. The van der Waals surface area contributed by atoms with Gasteiger partial charge >= 0.3 is 0 Å². The zero-order valence-electron chi connectivity index (χ0n) is 12.5. The van der Waals surface area contributed by atoms with Crippen molar-refractivity contribution in [3.8, 4) is 0 Å². The van der Waals surface area contributed by atoms with Crippen LogP contribution in [0.4, 0.5) is 5.69 Å². The van der Waals surface area contributed by atoms with Gasteiger partial charge in [-0.25, -0.2) is 0 Å². The number of hydrogen-bond acceptors (Lipinski definition) is 3. The Balaban J connectivity index is 2.82. The van der Waals surface area contributed by atoms with Crippen LogP contribution in [0.3, 0.4) is 0 Å². The lowest BCUT2D eigenvalue weighted by molar-refractivity contribution is -0.119. The number of rotatable bonds is 6. The fraction of sp³-hybridized carbons (Fsp3) is 0.467. The molecule has 4 N–H and O–H groups in total. The topological polar surface area (TPSA) is 84.2 Å². The molecule has 0 saturated carbocycles. The van der Waals surface area contributed by atoms with Gasteiger partial charge in [-0.15, -0.1) is 0 Å². The van der Waals surface area contributed by atoms with Gasteiger partial charge < -0.3 is 16.4 Å². The first kappa shape index (κ1) is 16.0. The third kappa shape index (κ3) is 4.57. The van der Waals surface area contributed by atoms with Gasteiger partial charge in [-0.2, -0.15) is 0 Å². The number of aryl methyl sites for hydroxylation is 1. The number of carbonyl (C=O) groups is 2. The van der Waals surface area contributed by atoms with Gasteiger partial charge in [0.25, 0.3) is 5.91 Å². The van der Waals surface area contributed by atoms with E-state index in [9.17, 15) is 9.59 Å². The van der Waals surface area contributed by atoms with Gasteiger partial charge in [-0.3, -0.25) is 9.59 Å². The molecular formula is C15H23N3O2. The fourth-order valence-electron chi connectivity index (χ4n) is 2.05. The monoisotopic (exact) mass is 277 g/mol. The normalized spacial score (nSPS) is 11.0. The molecule has 20 heavy (non-hydrogen) atoms. The Labute approximate surface area is 119 Å². The van der Waals surface area contributed by atoms with Crippen molar-refractivity contribution in [3.63, 3.8) is 0 Å². The van der Waals surface area contributed by atoms with E-state index >= 15 is 0 Å². The van der Waals surface area contributed by atoms with Crippen molar-refractivity contribution in [1.82, 2.24) is 5.32 Å². The Morgan fingerprint density at radius 3 is 2.45 bits per heavy atom. The highest BCUT2D eigenvalue weighted by molar-refractivity contribution is 5.95. The van der Waals surface area contributed by atoms with Crippen LogP contribution in [0.5, 0.6) is 0 Å². The van der Waals surface area contributed by atoms with Crippen LogP contribution in [0.25, 0.3) is 0 Å². The molecule has 0 aliphatic carbocycles. The number of hydrogen-bond donors (Lipinski definition) is 3. The molecule has 1 aromatic carbocycles. The average Bonchev–Trinajstić information content (AvgIpc) is 2.29. The molecule has 0 aromatic heterocycles. The first-order valence-corrected chi connectivity index (χ1v) is 6.70. The maximum atomic E-state index is 12.2. The van der Waals surface area contributed by atoms with E-state index in [4.69, 9.17) is 5.73 Å². The summed E-state index contributed by atoms with van der Waals surface area (Å²) in [7, 11) is 0. The predicted octanol–water partition coefficient (Wildman–Crippen LogP) is 1.81. The zero-order valence-corrected chi connectivity index (χ0v) is 12.5. The van der Waals surface area contributed by atoms with Crippen molar-refractivity contribution in [2.24, 2.45) is 5.73 Å². The molecule has 110 valence electrons. The molecule has 0 heterocycles. The van der Waals surface area contributed by atoms with Crippen molar-refractivity contribution in [2.75, 3.05) is 11.9 Å². The van der Waals surface area contributed by atoms with Crippen LogP contribution >= 0.6 is 0 Å². The average molecular weight is 277 g/mol. The minimum absolute atomic E-state index is 0.104. The van der Waals surface area contributed by atoms with Gasteiger partial charge in [-0.05, 0) is 51.5 Å². The van der Waals surface area contributed by atoms with Crippen LogP contribution in [0.2, 0.25) is 0 Å². The first-order valence-electron chi connectivity index (χ1n) is 6.70. The number of anilines is 1. The number of nitrogens with two attached hydrogens (primary N) is 1. The Morgan fingerprint density at radius 2 is 1.95 bits per heavy atom. The molecule has 5 nitrogen and oxygen atoms in total. The molecule has 0 aliphatic heterocycles. The Kier molecular flexibility index (Phi) is 5.13. The smallest absolute Gasteiger partial charge is 0.251 e. The van der Waals surface area contributed by atoms with Crippen molar-refractivity contribution >= 4 is 17.5 Å². The van der Waals surface area contributed by atoms with E-state index in [1.54, 1.807) is 19.9 Å². The van der Waals surface area contributed by atoms with E-state index in [0.717, 1.165) is 17.8 Å². The second kappa shape index (κ2) is 6.41. The maximum absolute atomic E-state index is 12.2. The largest absolute Gasteiger partial charge is 0.385 e. The second-order valence-corrected chi connectivity index (χ2v) is 5.54. The zero-order chi connectivity index (χ0) is 15.3. The highest BCUT2D eigenvalue weighted by Gasteiger charge is 2.23. The molecule has 0 fully saturated rings. The number of primary amides is 1. The summed E-state index contributed by atoms with van der Waals surface area (Å²) in [4.78, 5) is 23.1. The van der Waals surface area contributed by atoms with Crippen molar-refractivity contribution < 1.29 is 9.59 Å². The van der Waals surface area contributed by atoms with E-state index in [0.29, 0.717) is 5.56 Å². The lowest BCUT2D eigenvalue weighted by atomic mass is 9.99. The molecule has 0 unspecified atom stereocenters. The molecule has 0 saturated heterocycles. The summed E-state index contributed by atoms with van der Waals surface area (Å²) in [5.41, 5.74) is 7.11. The Bertz CT molecular complexity index is 510. The van der Waals surface area contributed by atoms with Gasteiger partial charge in [0.1, 0.15) is 0 Å². The standard InChI is InChI=1S/C15H23N3O2/c1-5-17-12-7-6-11(8-10(12)2)14(20)18-15(3,4)9-13(16)19/h6-8,17H,5,9H2,1-4H3,(H2,16,19)(H,18,20). The Hall–Kier alpha value is -2.04. The molecular weight excluding hydrogens is 254 g/mol. The van der Waals surface area contributed by atoms with E-state index in [1.165, 1.54) is 0 Å². The summed E-state index contributed by atoms with van der Waals surface area (Å²) < 4.78 is 0. The van der Waals surface area contributed by atoms with E-state index < -0.39 is 11.4 Å². The number of nitrogens with one attached hydrogen (secondary N) is 2. The summed E-state index contributed by atoms with van der Waals surface area (Å²) in [6.45, 7) is 8.35. The summed E-state index contributed by atoms with van der Waals surface area (Å²) in [5.74, 6) is -0.642. The third-order valence-electron chi connectivity index (χ3n) is 2.92. The van der Waals surface area contributed by atoms with Crippen LogP contribution in [0, 0.1) is 6.92 Å². The quantitative estimate of drug-likeness (QED) is 0.741. The lowest BCUT2D eigenvalue weighted by Gasteiger charge is -2.25. The molecule has 0 atom stereocenters. The fourth-order valence-corrected chi connectivity index (χ4v) is 2.05. The van der Waals surface area contributed by atoms with Gasteiger partial charge in [0.15, 0.2) is 0 Å². The molecule has 0 spiro atoms. The molecule has 0 aliphatic rings. The number of amides is 2. The molecule has 5 heteroatoms. The van der Waals surface area contributed by atoms with Crippen molar-refractivity contribution in [2.45, 2.75) is 39.7 Å². The maximum Gasteiger partial charge on any atom is 0.251 e. The second-order valence-electron chi connectivity index (χ2n) is 5.54. The molecule has 2 amide bonds. The molecule has 0 radical (unpaired) electrons. The molecule has 1 rings (SSSR count). The van der Waals surface area contributed by atoms with Crippen LogP contribution in [0.15, 0.2) is 18.2 Å². The minimum Gasteiger partial charge on any atom is -0.385 e. The van der Waals surface area contributed by atoms with Crippen LogP contribution in [0.1, 0.15) is 43.1 Å². The minimum atomic E-state index is -0.656. The van der Waals surface area contributed by atoms with Crippen molar-refractivity contribution in [3.05, 3.63) is 29.3 Å². The highest BCUT2D eigenvalue weighted by atomic mass is 16.2. The van der Waals surface area contributed by atoms with Gasteiger partial charge in [0, 0.05) is 29.8 Å². The summed E-state index contributed by atoms with van der Waals surface area (Å²) in [6, 6.07) is 5.48. The van der Waals surface area contributed by atoms with E-state index in [-0.39, 0.29) is 12.3 Å². The van der Waals surface area contributed by atoms with Crippen LogP contribution in [-0.4, -0.2) is 23.9 Å². The third-order valence-corrected chi connectivity index (χ3v) is 2.92.